The number of amides is 2. The van der Waals surface area contributed by atoms with Crippen LogP contribution in [0.2, 0.25) is 0 Å². The minimum Gasteiger partial charge on any atom is -0.380 e. The molecule has 1 unspecified atom stereocenters. The smallest absolute Gasteiger partial charge is 0.220 e. The van der Waals surface area contributed by atoms with Crippen molar-refractivity contribution in [3.63, 3.8) is 0 Å². The first-order chi connectivity index (χ1) is 14.3. The lowest BCUT2D eigenvalue weighted by Gasteiger charge is -2.17. The molecule has 2 amide bonds. The average Bonchev–Trinajstić information content (AvgIpc) is 3.39. The van der Waals surface area contributed by atoms with Crippen LogP contribution in [0.1, 0.15) is 30.7 Å². The second kappa shape index (κ2) is 9.29. The van der Waals surface area contributed by atoms with Crippen LogP contribution in [0.4, 0.5) is 11.4 Å². The predicted octanol–water partition coefficient (Wildman–Crippen LogP) is 2.02. The summed E-state index contributed by atoms with van der Waals surface area (Å²) in [4.78, 5) is 21.1. The van der Waals surface area contributed by atoms with Gasteiger partial charge in [-0.2, -0.15) is 0 Å². The standard InChI is InChI=1S/C16H19N3O4S.C4H7NO/c1-10-16(11(2)23-19-10)12-3-4-14(15(7-12)17-9-20)18-13-5-6-24(21,22)8-13;6-4-2-1-3-5-4/h3-4,7,9,13,18H,5-6,8H2,1-2H3,(H,17,20);1-3H2,(H,5,6). The molecule has 0 radical (unpaired) electrons. The summed E-state index contributed by atoms with van der Waals surface area (Å²) in [6.45, 7) is 4.57. The molecule has 4 rings (SSSR count). The number of hydrogen-bond donors (Lipinski definition) is 3. The van der Waals surface area contributed by atoms with Crippen LogP contribution in [-0.4, -0.2) is 50.0 Å². The molecule has 3 heterocycles. The molecular formula is C20H26N4O5S. The molecule has 0 saturated carbocycles. The van der Waals surface area contributed by atoms with Crippen LogP contribution in [0.3, 0.4) is 0 Å². The van der Waals surface area contributed by atoms with E-state index < -0.39 is 9.84 Å². The van der Waals surface area contributed by atoms with E-state index in [-0.39, 0.29) is 23.5 Å². The van der Waals surface area contributed by atoms with E-state index in [1.54, 1.807) is 0 Å². The lowest BCUT2D eigenvalue weighted by atomic mass is 10.0. The Kier molecular flexibility index (Phi) is 6.76. The van der Waals surface area contributed by atoms with Crippen LogP contribution in [0.25, 0.3) is 11.1 Å². The summed E-state index contributed by atoms with van der Waals surface area (Å²) in [5, 5.41) is 12.5. The molecule has 3 N–H and O–H groups in total. The highest BCUT2D eigenvalue weighted by atomic mass is 32.2. The molecule has 2 aromatic rings. The zero-order chi connectivity index (χ0) is 21.7. The molecule has 0 spiro atoms. The van der Waals surface area contributed by atoms with E-state index in [1.807, 2.05) is 32.0 Å². The van der Waals surface area contributed by atoms with Crippen LogP contribution in [0, 0.1) is 13.8 Å². The van der Waals surface area contributed by atoms with Gasteiger partial charge < -0.3 is 20.5 Å². The van der Waals surface area contributed by atoms with E-state index in [2.05, 4.69) is 21.1 Å². The first-order valence-electron chi connectivity index (χ1n) is 9.80. The van der Waals surface area contributed by atoms with Gasteiger partial charge in [-0.1, -0.05) is 11.2 Å². The number of carbonyl (C=O) groups is 2. The summed E-state index contributed by atoms with van der Waals surface area (Å²) in [6, 6.07) is 5.41. The molecule has 2 aliphatic rings. The molecule has 10 heteroatoms. The number of sulfone groups is 1. The molecule has 30 heavy (non-hydrogen) atoms. The van der Waals surface area contributed by atoms with E-state index in [0.29, 0.717) is 30.0 Å². The van der Waals surface area contributed by atoms with Gasteiger partial charge in [0.25, 0.3) is 0 Å². The Hall–Kier alpha value is -2.88. The van der Waals surface area contributed by atoms with Crippen molar-refractivity contribution in [1.29, 1.82) is 0 Å². The van der Waals surface area contributed by atoms with Gasteiger partial charge in [-0.3, -0.25) is 9.59 Å². The molecule has 0 aliphatic carbocycles. The van der Waals surface area contributed by atoms with Crippen LogP contribution in [-0.2, 0) is 19.4 Å². The van der Waals surface area contributed by atoms with E-state index in [9.17, 15) is 18.0 Å². The highest BCUT2D eigenvalue weighted by molar-refractivity contribution is 7.91. The third-order valence-electron chi connectivity index (χ3n) is 5.05. The fraction of sp³-hybridized carbons (Fsp3) is 0.450. The Morgan fingerprint density at radius 3 is 2.57 bits per heavy atom. The minimum absolute atomic E-state index is 0.110. The van der Waals surface area contributed by atoms with Gasteiger partial charge in [-0.05, 0) is 44.4 Å². The molecule has 2 aliphatic heterocycles. The number of carbonyl (C=O) groups excluding carboxylic acids is 2. The highest BCUT2D eigenvalue weighted by Gasteiger charge is 2.28. The van der Waals surface area contributed by atoms with Gasteiger partial charge in [0.15, 0.2) is 9.84 Å². The first kappa shape index (κ1) is 21.8. The van der Waals surface area contributed by atoms with Crippen LogP contribution < -0.4 is 16.0 Å². The number of rotatable bonds is 5. The van der Waals surface area contributed by atoms with Crippen LogP contribution >= 0.6 is 0 Å². The number of hydrogen-bond acceptors (Lipinski definition) is 7. The maximum absolute atomic E-state index is 11.6. The van der Waals surface area contributed by atoms with Gasteiger partial charge in [0.1, 0.15) is 5.76 Å². The number of nitrogens with zero attached hydrogens (tertiary/aromatic N) is 1. The second-order valence-electron chi connectivity index (χ2n) is 7.42. The van der Waals surface area contributed by atoms with Crippen molar-refractivity contribution < 1.29 is 22.5 Å². The van der Waals surface area contributed by atoms with E-state index in [4.69, 9.17) is 4.52 Å². The van der Waals surface area contributed by atoms with Gasteiger partial charge in [-0.25, -0.2) is 8.42 Å². The monoisotopic (exact) mass is 434 g/mol. The summed E-state index contributed by atoms with van der Waals surface area (Å²) in [6.07, 6.45) is 2.93. The second-order valence-corrected chi connectivity index (χ2v) is 9.65. The van der Waals surface area contributed by atoms with Crippen LogP contribution in [0.15, 0.2) is 22.7 Å². The summed E-state index contributed by atoms with van der Waals surface area (Å²) in [5.41, 5.74) is 3.82. The normalized spacial score (nSPS) is 19.5. The number of nitrogens with one attached hydrogen (secondary N) is 3. The van der Waals surface area contributed by atoms with Crippen LogP contribution in [0.5, 0.6) is 0 Å². The van der Waals surface area contributed by atoms with Crippen molar-refractivity contribution in [2.45, 2.75) is 39.2 Å². The number of benzene rings is 1. The average molecular weight is 435 g/mol. The van der Waals surface area contributed by atoms with Gasteiger partial charge in [0.05, 0.1) is 28.6 Å². The molecule has 0 bridgehead atoms. The largest absolute Gasteiger partial charge is 0.380 e. The van der Waals surface area contributed by atoms with Crippen molar-refractivity contribution >= 4 is 33.5 Å². The third-order valence-corrected chi connectivity index (χ3v) is 6.82. The first-order valence-corrected chi connectivity index (χ1v) is 11.6. The Morgan fingerprint density at radius 1 is 1.27 bits per heavy atom. The third kappa shape index (κ3) is 5.38. The molecule has 2 saturated heterocycles. The van der Waals surface area contributed by atoms with Gasteiger partial charge in [-0.15, -0.1) is 0 Å². The summed E-state index contributed by atoms with van der Waals surface area (Å²) in [7, 11) is -2.97. The minimum atomic E-state index is -2.97. The summed E-state index contributed by atoms with van der Waals surface area (Å²) < 4.78 is 28.4. The zero-order valence-corrected chi connectivity index (χ0v) is 17.8. The molecule has 9 nitrogen and oxygen atoms in total. The Morgan fingerprint density at radius 2 is 2.07 bits per heavy atom. The lowest BCUT2D eigenvalue weighted by molar-refractivity contribution is -0.119. The topological polar surface area (TPSA) is 130 Å². The van der Waals surface area contributed by atoms with E-state index >= 15 is 0 Å². The Labute approximate surface area is 175 Å². The van der Waals surface area contributed by atoms with Crippen molar-refractivity contribution in [2.24, 2.45) is 0 Å². The lowest BCUT2D eigenvalue weighted by Crippen LogP contribution is -2.21. The predicted molar refractivity (Wildman–Crippen MR) is 114 cm³/mol. The number of anilines is 2. The molecule has 2 fully saturated rings. The van der Waals surface area contributed by atoms with Crippen molar-refractivity contribution in [3.05, 3.63) is 29.7 Å². The highest BCUT2D eigenvalue weighted by Crippen LogP contribution is 2.33. The zero-order valence-electron chi connectivity index (χ0n) is 17.0. The SMILES string of the molecule is Cc1noc(C)c1-c1ccc(NC2CCS(=O)(=O)C2)c(NC=O)c1.O=C1CCCN1. The van der Waals surface area contributed by atoms with Gasteiger partial charge in [0, 0.05) is 24.6 Å². The Bertz CT molecular complexity index is 1000. The number of aryl methyl sites for hydroxylation is 2. The van der Waals surface area contributed by atoms with Crippen molar-refractivity contribution in [1.82, 2.24) is 10.5 Å². The quantitative estimate of drug-likeness (QED) is 0.614. The maximum atomic E-state index is 11.6. The summed E-state index contributed by atoms with van der Waals surface area (Å²) in [5.74, 6) is 1.21. The van der Waals surface area contributed by atoms with E-state index in [1.165, 1.54) is 0 Å². The molecule has 162 valence electrons. The Balaban J connectivity index is 0.000000367. The molecule has 1 atom stereocenters. The fourth-order valence-electron chi connectivity index (χ4n) is 3.60. The number of aromatic nitrogens is 1. The van der Waals surface area contributed by atoms with Crippen molar-refractivity contribution in [2.75, 3.05) is 28.7 Å². The van der Waals surface area contributed by atoms with E-state index in [0.717, 1.165) is 36.2 Å². The van der Waals surface area contributed by atoms with Gasteiger partial charge >= 0.3 is 0 Å². The molecule has 1 aromatic heterocycles. The fourth-order valence-corrected chi connectivity index (χ4v) is 5.27. The molecular weight excluding hydrogens is 408 g/mol. The molecule has 1 aromatic carbocycles. The van der Waals surface area contributed by atoms with Gasteiger partial charge in [0.2, 0.25) is 12.3 Å². The van der Waals surface area contributed by atoms with Crippen molar-refractivity contribution in [3.8, 4) is 11.1 Å². The summed E-state index contributed by atoms with van der Waals surface area (Å²) >= 11 is 0. The maximum Gasteiger partial charge on any atom is 0.220 e.